The largest absolute Gasteiger partial charge is 0.335 e. The summed E-state index contributed by atoms with van der Waals surface area (Å²) in [6.45, 7) is 2.46. The summed E-state index contributed by atoms with van der Waals surface area (Å²) in [7, 11) is 0. The van der Waals surface area contributed by atoms with Gasteiger partial charge in [0, 0.05) is 31.1 Å². The summed E-state index contributed by atoms with van der Waals surface area (Å²) in [5, 5.41) is 9.06. The molecule has 0 aliphatic heterocycles. The van der Waals surface area contributed by atoms with Gasteiger partial charge in [-0.25, -0.2) is 0 Å². The Kier molecular flexibility index (Phi) is 5.25. The quantitative estimate of drug-likeness (QED) is 0.769. The Morgan fingerprint density at radius 2 is 2.12 bits per heavy atom. The maximum absolute atomic E-state index is 11.4. The minimum atomic E-state index is -0.0254. The van der Waals surface area contributed by atoms with E-state index in [0.29, 0.717) is 18.1 Å². The van der Waals surface area contributed by atoms with Gasteiger partial charge in [0.05, 0.1) is 6.07 Å². The monoisotopic (exact) mass is 248 g/mol. The van der Waals surface area contributed by atoms with E-state index >= 15 is 0 Å². The lowest BCUT2D eigenvalue weighted by Crippen LogP contribution is -2.28. The van der Waals surface area contributed by atoms with Crippen LogP contribution in [0.3, 0.4) is 0 Å². The van der Waals surface area contributed by atoms with Gasteiger partial charge in [-0.15, -0.1) is 0 Å². The zero-order valence-electron chi connectivity index (χ0n) is 9.56. The van der Waals surface area contributed by atoms with Crippen LogP contribution in [0.4, 0.5) is 0 Å². The Hall–Kier alpha value is -1.79. The lowest BCUT2D eigenvalue weighted by Gasteiger charge is -2.19. The number of nitriles is 1. The molecule has 3 nitrogen and oxygen atoms in total. The predicted octanol–water partition coefficient (Wildman–Crippen LogP) is 2.77. The van der Waals surface area contributed by atoms with Gasteiger partial charge in [0.2, 0.25) is 5.91 Å². The lowest BCUT2D eigenvalue weighted by molar-refractivity contribution is -0.128. The van der Waals surface area contributed by atoms with Crippen molar-refractivity contribution in [3.63, 3.8) is 0 Å². The highest BCUT2D eigenvalue weighted by molar-refractivity contribution is 6.30. The van der Waals surface area contributed by atoms with Crippen LogP contribution in [0.1, 0.15) is 12.5 Å². The number of halogens is 1. The van der Waals surface area contributed by atoms with Crippen LogP contribution in [0.5, 0.6) is 0 Å². The van der Waals surface area contributed by atoms with E-state index in [1.54, 1.807) is 23.1 Å². The van der Waals surface area contributed by atoms with Crippen molar-refractivity contribution in [2.45, 2.75) is 13.5 Å². The third-order valence-electron chi connectivity index (χ3n) is 2.25. The SMILES string of the molecule is CC(=O)N(C/C=C/C#N)Cc1ccc(Cl)cc1. The van der Waals surface area contributed by atoms with Crippen molar-refractivity contribution in [1.82, 2.24) is 4.90 Å². The fourth-order valence-corrected chi connectivity index (χ4v) is 1.47. The van der Waals surface area contributed by atoms with E-state index < -0.39 is 0 Å². The molecule has 0 aliphatic rings. The summed E-state index contributed by atoms with van der Waals surface area (Å²) in [6.07, 6.45) is 3.04. The first kappa shape index (κ1) is 13.3. The van der Waals surface area contributed by atoms with Crippen molar-refractivity contribution in [2.75, 3.05) is 6.54 Å². The Morgan fingerprint density at radius 1 is 1.47 bits per heavy atom. The molecule has 0 saturated carbocycles. The topological polar surface area (TPSA) is 44.1 Å². The Bertz CT molecular complexity index is 445. The first-order chi connectivity index (χ1) is 8.13. The zero-order chi connectivity index (χ0) is 12.7. The normalized spacial score (nSPS) is 10.2. The molecule has 4 heteroatoms. The van der Waals surface area contributed by atoms with Crippen LogP contribution in [0, 0.1) is 11.3 Å². The third-order valence-corrected chi connectivity index (χ3v) is 2.50. The minimum absolute atomic E-state index is 0.0254. The molecule has 0 heterocycles. The molecule has 1 aromatic carbocycles. The molecule has 88 valence electrons. The lowest BCUT2D eigenvalue weighted by atomic mass is 10.2. The zero-order valence-corrected chi connectivity index (χ0v) is 10.3. The van der Waals surface area contributed by atoms with Gasteiger partial charge in [-0.1, -0.05) is 29.8 Å². The van der Waals surface area contributed by atoms with Crippen LogP contribution >= 0.6 is 11.6 Å². The van der Waals surface area contributed by atoms with Crippen LogP contribution in [0.15, 0.2) is 36.4 Å². The number of hydrogen-bond donors (Lipinski definition) is 0. The second-order valence-electron chi connectivity index (χ2n) is 3.56. The smallest absolute Gasteiger partial charge is 0.220 e. The van der Waals surface area contributed by atoms with Crippen LogP contribution in [-0.2, 0) is 11.3 Å². The predicted molar refractivity (Wildman–Crippen MR) is 67.3 cm³/mol. The van der Waals surface area contributed by atoms with E-state index in [-0.39, 0.29) is 5.91 Å². The van der Waals surface area contributed by atoms with E-state index in [4.69, 9.17) is 16.9 Å². The van der Waals surface area contributed by atoms with Gasteiger partial charge in [-0.05, 0) is 17.7 Å². The second-order valence-corrected chi connectivity index (χ2v) is 3.99. The van der Waals surface area contributed by atoms with Gasteiger partial charge < -0.3 is 4.90 Å². The number of rotatable bonds is 4. The first-order valence-electron chi connectivity index (χ1n) is 5.18. The highest BCUT2D eigenvalue weighted by atomic mass is 35.5. The summed E-state index contributed by atoms with van der Waals surface area (Å²) < 4.78 is 0. The highest BCUT2D eigenvalue weighted by Gasteiger charge is 2.07. The summed E-state index contributed by atoms with van der Waals surface area (Å²) >= 11 is 5.79. The summed E-state index contributed by atoms with van der Waals surface area (Å²) in [6, 6.07) is 9.24. The molecule has 0 fully saturated rings. The fourth-order valence-electron chi connectivity index (χ4n) is 1.35. The van der Waals surface area contributed by atoms with E-state index in [9.17, 15) is 4.79 Å². The Balaban J connectivity index is 2.67. The van der Waals surface area contributed by atoms with Gasteiger partial charge in [-0.3, -0.25) is 4.79 Å². The number of amides is 1. The molecule has 0 saturated heterocycles. The number of allylic oxidation sites excluding steroid dienone is 1. The van der Waals surface area contributed by atoms with Crippen molar-refractivity contribution >= 4 is 17.5 Å². The molecule has 0 unspecified atom stereocenters. The average molecular weight is 249 g/mol. The van der Waals surface area contributed by atoms with Gasteiger partial charge in [0.15, 0.2) is 0 Å². The summed E-state index contributed by atoms with van der Waals surface area (Å²) in [4.78, 5) is 13.0. The molecule has 0 atom stereocenters. The van der Waals surface area contributed by atoms with Gasteiger partial charge in [-0.2, -0.15) is 5.26 Å². The first-order valence-corrected chi connectivity index (χ1v) is 5.56. The van der Waals surface area contributed by atoms with Crippen molar-refractivity contribution < 1.29 is 4.79 Å². The molecule has 1 amide bonds. The van der Waals surface area contributed by atoms with E-state index in [2.05, 4.69) is 0 Å². The molecule has 0 aliphatic carbocycles. The van der Waals surface area contributed by atoms with E-state index in [1.165, 1.54) is 13.0 Å². The number of carbonyl (C=O) groups excluding carboxylic acids is 1. The van der Waals surface area contributed by atoms with Crippen LogP contribution in [0.25, 0.3) is 0 Å². The standard InChI is InChI=1S/C13H13ClN2O/c1-11(17)16(9-3-2-8-15)10-12-4-6-13(14)7-5-12/h2-7H,9-10H2,1H3/b3-2+. The maximum atomic E-state index is 11.4. The number of benzene rings is 1. The van der Waals surface area contributed by atoms with Gasteiger partial charge in [0.1, 0.15) is 0 Å². The summed E-state index contributed by atoms with van der Waals surface area (Å²) in [5.41, 5.74) is 1.01. The number of carbonyl (C=O) groups is 1. The third kappa shape index (κ3) is 4.71. The molecule has 0 aromatic heterocycles. The molecule has 17 heavy (non-hydrogen) atoms. The van der Waals surface area contributed by atoms with Crippen molar-refractivity contribution in [3.05, 3.63) is 47.0 Å². The molecular formula is C13H13ClN2O. The molecular weight excluding hydrogens is 236 g/mol. The molecule has 0 bridgehead atoms. The van der Waals surface area contributed by atoms with Gasteiger partial charge >= 0.3 is 0 Å². The number of nitrogens with zero attached hydrogens (tertiary/aromatic N) is 2. The maximum Gasteiger partial charge on any atom is 0.220 e. The second kappa shape index (κ2) is 6.72. The van der Waals surface area contributed by atoms with E-state index in [1.807, 2.05) is 18.2 Å². The van der Waals surface area contributed by atoms with Crippen molar-refractivity contribution in [2.24, 2.45) is 0 Å². The Labute approximate surface area is 106 Å². The van der Waals surface area contributed by atoms with Crippen LogP contribution in [-0.4, -0.2) is 17.4 Å². The van der Waals surface area contributed by atoms with Crippen molar-refractivity contribution in [3.8, 4) is 6.07 Å². The fraction of sp³-hybridized carbons (Fsp3) is 0.231. The molecule has 0 N–H and O–H groups in total. The van der Waals surface area contributed by atoms with Crippen LogP contribution in [0.2, 0.25) is 5.02 Å². The minimum Gasteiger partial charge on any atom is -0.335 e. The Morgan fingerprint density at radius 3 is 2.65 bits per heavy atom. The molecule has 1 rings (SSSR count). The average Bonchev–Trinajstić information content (AvgIpc) is 2.30. The summed E-state index contributed by atoms with van der Waals surface area (Å²) in [5.74, 6) is -0.0254. The highest BCUT2D eigenvalue weighted by Crippen LogP contribution is 2.11. The van der Waals surface area contributed by atoms with E-state index in [0.717, 1.165) is 5.56 Å². The molecule has 1 aromatic rings. The molecule has 0 radical (unpaired) electrons. The molecule has 0 spiro atoms. The number of hydrogen-bond acceptors (Lipinski definition) is 2. The van der Waals surface area contributed by atoms with Crippen molar-refractivity contribution in [1.29, 1.82) is 5.26 Å². The van der Waals surface area contributed by atoms with Gasteiger partial charge in [0.25, 0.3) is 0 Å². The van der Waals surface area contributed by atoms with Crippen LogP contribution < -0.4 is 0 Å².